The highest BCUT2D eigenvalue weighted by molar-refractivity contribution is 6.02. The predicted octanol–water partition coefficient (Wildman–Crippen LogP) is 2.76. The van der Waals surface area contributed by atoms with Gasteiger partial charge in [0.1, 0.15) is 5.60 Å². The minimum absolute atomic E-state index is 0.0288. The topological polar surface area (TPSA) is 159 Å². The molecule has 1 aliphatic rings. The number of hydrogen-bond acceptors (Lipinski definition) is 6. The largest absolute Gasteiger partial charge is 0.463 e. The summed E-state index contributed by atoms with van der Waals surface area (Å²) in [6, 6.07) is 0. The molecule has 34 heavy (non-hydrogen) atoms. The first-order valence-corrected chi connectivity index (χ1v) is 11.5. The number of guanidine groups is 2. The zero-order chi connectivity index (χ0) is 28.1. The fraction of sp³-hybridized carbons (Fsp3) is 0.696. The van der Waals surface area contributed by atoms with Crippen LogP contribution in [0.2, 0.25) is 0 Å². The van der Waals surface area contributed by atoms with Crippen LogP contribution in [0.15, 0.2) is 17.1 Å². The van der Waals surface area contributed by atoms with Gasteiger partial charge in [0, 0.05) is 17.5 Å². The third kappa shape index (κ3) is 12.8. The zero-order valence-electron chi connectivity index (χ0n) is 23.3. The van der Waals surface area contributed by atoms with Gasteiger partial charge in [0.15, 0.2) is 5.96 Å². The number of carbonyl (C=O) groups is 3. The van der Waals surface area contributed by atoms with E-state index in [0.717, 1.165) is 32.1 Å². The number of ether oxygens (including phenoxy) is 2. The van der Waals surface area contributed by atoms with Gasteiger partial charge in [0.2, 0.25) is 18.0 Å². The van der Waals surface area contributed by atoms with E-state index in [1.807, 2.05) is 6.08 Å². The van der Waals surface area contributed by atoms with Crippen molar-refractivity contribution in [2.45, 2.75) is 90.3 Å². The number of esters is 1. The minimum Gasteiger partial charge on any atom is -0.463 e. The molecule has 11 nitrogen and oxygen atoms in total. The van der Waals surface area contributed by atoms with Crippen LogP contribution in [0.3, 0.4) is 0 Å². The third-order valence-electron chi connectivity index (χ3n) is 4.54. The van der Waals surface area contributed by atoms with E-state index in [2.05, 4.69) is 21.7 Å². The third-order valence-corrected chi connectivity index (χ3v) is 4.54. The molecule has 192 valence electrons. The van der Waals surface area contributed by atoms with Crippen molar-refractivity contribution in [1.82, 2.24) is 15.5 Å². The van der Waals surface area contributed by atoms with Crippen LogP contribution in [0.5, 0.6) is 0 Å². The Morgan fingerprint density at radius 3 is 2.53 bits per heavy atom. The molecule has 0 aromatic heterocycles. The molecule has 0 aromatic carbocycles. The van der Waals surface area contributed by atoms with Crippen molar-refractivity contribution < 1.29 is 28.0 Å². The summed E-state index contributed by atoms with van der Waals surface area (Å²) in [5.41, 5.74) is 4.46. The lowest BCUT2D eigenvalue weighted by Gasteiger charge is -2.29. The van der Waals surface area contributed by atoms with Gasteiger partial charge in [-0.1, -0.05) is 31.4 Å². The van der Waals surface area contributed by atoms with Crippen LogP contribution in [-0.4, -0.2) is 60.1 Å². The molecule has 1 atom stereocenters. The number of nitrogens with zero attached hydrogens (tertiary/aromatic N) is 2. The molecule has 1 heterocycles. The maximum Gasteiger partial charge on any atom is 0.437 e. The lowest BCUT2D eigenvalue weighted by molar-refractivity contribution is -0.149. The molecule has 5 N–H and O–H groups in total. The monoisotopic (exact) mass is 483 g/mol. The van der Waals surface area contributed by atoms with E-state index in [9.17, 15) is 14.4 Å². The quantitative estimate of drug-likeness (QED) is 0.192. The smallest absolute Gasteiger partial charge is 0.437 e. The molecule has 0 saturated heterocycles. The van der Waals surface area contributed by atoms with Crippen LogP contribution in [0.25, 0.3) is 0 Å². The van der Waals surface area contributed by atoms with Gasteiger partial charge >= 0.3 is 12.1 Å². The fourth-order valence-corrected chi connectivity index (χ4v) is 2.97. The van der Waals surface area contributed by atoms with Crippen LogP contribution in [0.1, 0.15) is 82.7 Å². The molecule has 0 spiro atoms. The van der Waals surface area contributed by atoms with E-state index in [-0.39, 0.29) is 13.0 Å². The van der Waals surface area contributed by atoms with Gasteiger partial charge in [-0.15, -0.1) is 4.99 Å². The van der Waals surface area contributed by atoms with Crippen molar-refractivity contribution in [2.24, 2.45) is 10.7 Å². The van der Waals surface area contributed by atoms with Gasteiger partial charge in [-0.25, -0.2) is 9.59 Å². The van der Waals surface area contributed by atoms with E-state index in [4.69, 9.17) is 24.7 Å². The first kappa shape index (κ1) is 24.0. The summed E-state index contributed by atoms with van der Waals surface area (Å²) in [6.45, 7) is 1.61. The van der Waals surface area contributed by atoms with Crippen molar-refractivity contribution in [3.63, 3.8) is 0 Å². The van der Waals surface area contributed by atoms with E-state index < -0.39 is 48.6 Å². The number of carbonyl (C=O) groups excluding carboxylic acids is 3. The summed E-state index contributed by atoms with van der Waals surface area (Å²) in [7, 11) is 0. The molecule has 11 heteroatoms. The highest BCUT2D eigenvalue weighted by atomic mass is 16.6. The summed E-state index contributed by atoms with van der Waals surface area (Å²) in [5.74, 6) is -3.18. The number of allylic oxidation sites excluding steroid dienone is 2. The predicted molar refractivity (Wildman–Crippen MR) is 130 cm³/mol. The fourth-order valence-electron chi connectivity index (χ4n) is 2.97. The lowest BCUT2D eigenvalue weighted by Crippen LogP contribution is -2.59. The van der Waals surface area contributed by atoms with Crippen molar-refractivity contribution in [3.05, 3.63) is 12.2 Å². The van der Waals surface area contributed by atoms with Crippen molar-refractivity contribution in [2.75, 3.05) is 13.6 Å². The molecule has 0 saturated carbocycles. The molecule has 0 fully saturated rings. The number of hydrogen-bond donors (Lipinski definition) is 4. The average Bonchev–Trinajstić information content (AvgIpc) is 2.73. The molecule has 1 aliphatic heterocycles. The zero-order valence-corrected chi connectivity index (χ0v) is 20.3. The second-order valence-electron chi connectivity index (χ2n) is 8.88. The van der Waals surface area contributed by atoms with Crippen LogP contribution in [-0.2, 0) is 19.1 Å². The van der Waals surface area contributed by atoms with Gasteiger partial charge in [-0.3, -0.25) is 15.5 Å². The number of likely N-dealkylation sites (N-methyl/N-ethyl adjacent to an activating group) is 1. The molecule has 0 bridgehead atoms. The number of rotatable bonds is 1. The van der Waals surface area contributed by atoms with Crippen molar-refractivity contribution in [1.29, 1.82) is 5.41 Å². The van der Waals surface area contributed by atoms with Crippen LogP contribution >= 0.6 is 0 Å². The molecule has 1 rings (SSSR count). The average molecular weight is 484 g/mol. The molecule has 0 radical (unpaired) electrons. The Bertz CT molecular complexity index is 855. The lowest BCUT2D eigenvalue weighted by atomic mass is 10.1. The highest BCUT2D eigenvalue weighted by Crippen LogP contribution is 2.11. The first-order valence-electron chi connectivity index (χ1n) is 13.0. The van der Waals surface area contributed by atoms with E-state index in [1.165, 1.54) is 0 Å². The van der Waals surface area contributed by atoms with Crippen molar-refractivity contribution >= 4 is 29.9 Å². The van der Waals surface area contributed by atoms with Gasteiger partial charge in [-0.2, -0.15) is 0 Å². The Morgan fingerprint density at radius 2 is 1.88 bits per heavy atom. The molecule has 0 aliphatic carbocycles. The summed E-state index contributed by atoms with van der Waals surface area (Å²) >= 11 is 0. The van der Waals surface area contributed by atoms with Crippen molar-refractivity contribution in [3.8, 4) is 0 Å². The molecule has 2 amide bonds. The Balaban J connectivity index is 3.44. The Kier molecular flexibility index (Phi) is 10.5. The van der Waals surface area contributed by atoms with E-state index in [1.54, 1.807) is 20.8 Å². The number of nitrogens with one attached hydrogen (secondary N) is 3. The van der Waals surface area contributed by atoms with Gasteiger partial charge in [-0.05, 0) is 52.9 Å². The van der Waals surface area contributed by atoms with Crippen LogP contribution < -0.4 is 16.4 Å². The Labute approximate surface area is 206 Å². The Morgan fingerprint density at radius 1 is 1.24 bits per heavy atom. The van der Waals surface area contributed by atoms with E-state index >= 15 is 0 Å². The second-order valence-corrected chi connectivity index (χ2v) is 8.88. The van der Waals surface area contributed by atoms with Crippen LogP contribution in [0, 0.1) is 5.41 Å². The molecule has 0 aromatic rings. The Hall–Kier alpha value is -3.11. The van der Waals surface area contributed by atoms with Gasteiger partial charge < -0.3 is 25.4 Å². The summed E-state index contributed by atoms with van der Waals surface area (Å²) < 4.78 is 34.5. The molecule has 1 unspecified atom stereocenters. The molecular formula is C23H40N6O5. The SMILES string of the molecule is [2H]C([2H])([2H])N1/C(=N/C(=O)OC(C)(C)C)NC(=O)CCCCCCC/C=C/CCCOC(=O)C1NC(=N)N. The summed E-state index contributed by atoms with van der Waals surface area (Å²) in [4.78, 5) is 42.2. The molecular weight excluding hydrogens is 440 g/mol. The number of cyclic esters (lactones) is 1. The minimum atomic E-state index is -3.12. The standard InChI is InChI=1S/C23H40N6O5/c1-23(2,3)34-22(32)28-21-26-17(30)15-13-11-9-7-5-6-8-10-12-14-16-33-19(31)18(29(21)4)27-20(24)25/h8,10,18H,5-7,9,11-16H2,1-4H3,(H4,24,25,27)(H,26,28,30,32)/b10-8+/i4D3. The van der Waals surface area contributed by atoms with Gasteiger partial charge in [0.05, 0.1) is 6.61 Å². The number of aliphatic imine (C=N–C) groups is 1. The number of nitrogens with two attached hydrogens (primary N) is 1. The first-order chi connectivity index (χ1) is 17.2. The maximum absolute atomic E-state index is 13.0. The van der Waals surface area contributed by atoms with Gasteiger partial charge in [0.25, 0.3) is 0 Å². The normalized spacial score (nSPS) is 24.1. The summed E-state index contributed by atoms with van der Waals surface area (Å²) in [6.07, 6.45) is 7.40. The number of amides is 2. The van der Waals surface area contributed by atoms with Crippen LogP contribution in [0.4, 0.5) is 4.79 Å². The highest BCUT2D eigenvalue weighted by Gasteiger charge is 2.30. The van der Waals surface area contributed by atoms with E-state index in [0.29, 0.717) is 24.2 Å². The maximum atomic E-state index is 13.0. The summed E-state index contributed by atoms with van der Waals surface area (Å²) in [5, 5.41) is 12.2. The second kappa shape index (κ2) is 14.9.